The van der Waals surface area contributed by atoms with Gasteiger partial charge in [-0.05, 0) is 23.6 Å². The van der Waals surface area contributed by atoms with Crippen LogP contribution < -0.4 is 0 Å². The smallest absolute Gasteiger partial charge is 0.335 e. The average Bonchev–Trinajstić information content (AvgIpc) is 2.35. The molecule has 1 aliphatic heterocycles. The molecule has 1 amide bonds. The second kappa shape index (κ2) is 5.24. The fourth-order valence-corrected chi connectivity index (χ4v) is 2.97. The standard InChI is InChI=1S/C13H15NO5S/c1-20(18,19)8-12(15)14-6-5-10-9(7-14)3-2-4-11(10)13(16)17/h2-4H,5-8H2,1H3,(H,16,17). The first kappa shape index (κ1) is 14.5. The third-order valence-corrected chi connectivity index (χ3v) is 4.01. The van der Waals surface area contributed by atoms with Gasteiger partial charge in [0.05, 0.1) is 5.56 Å². The van der Waals surface area contributed by atoms with Gasteiger partial charge < -0.3 is 10.0 Å². The van der Waals surface area contributed by atoms with Crippen molar-refractivity contribution in [1.82, 2.24) is 4.90 Å². The summed E-state index contributed by atoms with van der Waals surface area (Å²) in [6, 6.07) is 4.93. The van der Waals surface area contributed by atoms with Gasteiger partial charge in [0.1, 0.15) is 5.75 Å². The maximum absolute atomic E-state index is 11.9. The Hall–Kier alpha value is -1.89. The second-order valence-corrected chi connectivity index (χ2v) is 7.02. The first-order chi connectivity index (χ1) is 9.28. The number of carboxylic acid groups (broad SMARTS) is 1. The van der Waals surface area contributed by atoms with Crippen molar-refractivity contribution in [3.8, 4) is 0 Å². The van der Waals surface area contributed by atoms with Crippen LogP contribution in [0.2, 0.25) is 0 Å². The van der Waals surface area contributed by atoms with Gasteiger partial charge in [0.2, 0.25) is 5.91 Å². The van der Waals surface area contributed by atoms with E-state index in [-0.39, 0.29) is 12.1 Å². The zero-order chi connectivity index (χ0) is 14.9. The van der Waals surface area contributed by atoms with Gasteiger partial charge in [0.25, 0.3) is 0 Å². The Morgan fingerprint density at radius 2 is 2.05 bits per heavy atom. The van der Waals surface area contributed by atoms with Crippen molar-refractivity contribution >= 4 is 21.7 Å². The zero-order valence-electron chi connectivity index (χ0n) is 11.0. The molecular weight excluding hydrogens is 282 g/mol. The van der Waals surface area contributed by atoms with Crippen LogP contribution in [-0.4, -0.2) is 48.9 Å². The molecule has 0 unspecified atom stereocenters. The summed E-state index contributed by atoms with van der Waals surface area (Å²) in [5.41, 5.74) is 1.74. The summed E-state index contributed by atoms with van der Waals surface area (Å²) >= 11 is 0. The van der Waals surface area contributed by atoms with Crippen LogP contribution in [0.1, 0.15) is 21.5 Å². The first-order valence-electron chi connectivity index (χ1n) is 6.07. The third-order valence-electron chi connectivity index (χ3n) is 3.23. The number of rotatable bonds is 3. The molecule has 1 aromatic rings. The number of carboxylic acids is 1. The molecule has 0 atom stereocenters. The Bertz CT molecular complexity index is 665. The third kappa shape index (κ3) is 3.16. The van der Waals surface area contributed by atoms with Crippen molar-refractivity contribution < 1.29 is 23.1 Å². The molecule has 0 fully saturated rings. The molecule has 6 nitrogen and oxygen atoms in total. The number of benzene rings is 1. The van der Waals surface area contributed by atoms with Crippen LogP contribution in [0.4, 0.5) is 0 Å². The highest BCUT2D eigenvalue weighted by Gasteiger charge is 2.25. The predicted molar refractivity (Wildman–Crippen MR) is 72.2 cm³/mol. The zero-order valence-corrected chi connectivity index (χ0v) is 11.8. The molecule has 0 saturated heterocycles. The van der Waals surface area contributed by atoms with Crippen LogP contribution in [0.3, 0.4) is 0 Å². The lowest BCUT2D eigenvalue weighted by Crippen LogP contribution is -2.39. The summed E-state index contributed by atoms with van der Waals surface area (Å²) in [4.78, 5) is 24.4. The Labute approximate surface area is 116 Å². The molecule has 1 N–H and O–H groups in total. The molecule has 7 heteroatoms. The first-order valence-corrected chi connectivity index (χ1v) is 8.13. The Kier molecular flexibility index (Phi) is 3.80. The quantitative estimate of drug-likeness (QED) is 0.867. The van der Waals surface area contributed by atoms with Crippen molar-refractivity contribution in [3.63, 3.8) is 0 Å². The maximum Gasteiger partial charge on any atom is 0.335 e. The molecule has 0 aliphatic carbocycles. The average molecular weight is 297 g/mol. The van der Waals surface area contributed by atoms with Gasteiger partial charge in [0, 0.05) is 19.3 Å². The summed E-state index contributed by atoms with van der Waals surface area (Å²) in [6.45, 7) is 0.594. The van der Waals surface area contributed by atoms with Crippen molar-refractivity contribution in [2.24, 2.45) is 0 Å². The van der Waals surface area contributed by atoms with Crippen LogP contribution in [0.25, 0.3) is 0 Å². The highest BCUT2D eigenvalue weighted by atomic mass is 32.2. The Morgan fingerprint density at radius 3 is 2.65 bits per heavy atom. The van der Waals surface area contributed by atoms with Gasteiger partial charge in [0.15, 0.2) is 9.84 Å². The van der Waals surface area contributed by atoms with E-state index in [9.17, 15) is 18.0 Å². The summed E-state index contributed by atoms with van der Waals surface area (Å²) in [5.74, 6) is -1.95. The largest absolute Gasteiger partial charge is 0.478 e. The van der Waals surface area contributed by atoms with Crippen molar-refractivity contribution in [3.05, 3.63) is 34.9 Å². The molecule has 0 bridgehead atoms. The predicted octanol–water partition coefficient (Wildman–Crippen LogP) is 0.314. The lowest BCUT2D eigenvalue weighted by Gasteiger charge is -2.29. The van der Waals surface area contributed by atoms with Crippen LogP contribution >= 0.6 is 0 Å². The number of aromatic carboxylic acids is 1. The molecular formula is C13H15NO5S. The van der Waals surface area contributed by atoms with E-state index in [1.807, 2.05) is 0 Å². The molecule has 108 valence electrons. The minimum atomic E-state index is -3.36. The molecule has 1 aromatic carbocycles. The summed E-state index contributed by atoms with van der Waals surface area (Å²) in [6.07, 6.45) is 1.44. The number of sulfone groups is 1. The monoisotopic (exact) mass is 297 g/mol. The highest BCUT2D eigenvalue weighted by molar-refractivity contribution is 7.91. The van der Waals surface area contributed by atoms with Crippen LogP contribution in [-0.2, 0) is 27.6 Å². The summed E-state index contributed by atoms with van der Waals surface area (Å²) in [7, 11) is -3.36. The van der Waals surface area contributed by atoms with E-state index in [0.717, 1.165) is 17.4 Å². The van der Waals surface area contributed by atoms with Gasteiger partial charge in [-0.3, -0.25) is 4.79 Å². The van der Waals surface area contributed by atoms with Gasteiger partial charge in [-0.15, -0.1) is 0 Å². The minimum absolute atomic E-state index is 0.248. The Balaban J connectivity index is 2.22. The minimum Gasteiger partial charge on any atom is -0.478 e. The molecule has 0 spiro atoms. The number of carbonyl (C=O) groups is 2. The van der Waals surface area contributed by atoms with Gasteiger partial charge in [-0.1, -0.05) is 12.1 Å². The van der Waals surface area contributed by atoms with Crippen molar-refractivity contribution in [1.29, 1.82) is 0 Å². The van der Waals surface area contributed by atoms with E-state index in [4.69, 9.17) is 5.11 Å². The Morgan fingerprint density at radius 1 is 1.35 bits per heavy atom. The van der Waals surface area contributed by atoms with E-state index in [0.29, 0.717) is 13.0 Å². The topological polar surface area (TPSA) is 91.8 Å². The second-order valence-electron chi connectivity index (χ2n) is 4.88. The van der Waals surface area contributed by atoms with Crippen LogP contribution in [0.5, 0.6) is 0 Å². The molecule has 1 heterocycles. The van der Waals surface area contributed by atoms with Gasteiger partial charge in [-0.2, -0.15) is 0 Å². The molecule has 0 saturated carbocycles. The van der Waals surface area contributed by atoms with Crippen molar-refractivity contribution in [2.45, 2.75) is 13.0 Å². The number of nitrogens with zero attached hydrogens (tertiary/aromatic N) is 1. The van der Waals surface area contributed by atoms with Crippen molar-refractivity contribution in [2.75, 3.05) is 18.6 Å². The molecule has 0 aromatic heterocycles. The van der Waals surface area contributed by atoms with Gasteiger partial charge in [-0.25, -0.2) is 13.2 Å². The normalized spacial score (nSPS) is 14.8. The SMILES string of the molecule is CS(=O)(=O)CC(=O)N1CCc2c(cccc2C(=O)O)C1. The number of carbonyl (C=O) groups excluding carboxylic acids is 1. The maximum atomic E-state index is 11.9. The molecule has 20 heavy (non-hydrogen) atoms. The summed E-state index contributed by atoms with van der Waals surface area (Å²) < 4.78 is 22.3. The molecule has 0 radical (unpaired) electrons. The van der Waals surface area contributed by atoms with E-state index in [2.05, 4.69) is 0 Å². The lowest BCUT2D eigenvalue weighted by molar-refractivity contribution is -0.129. The van der Waals surface area contributed by atoms with Gasteiger partial charge >= 0.3 is 5.97 Å². The van der Waals surface area contributed by atoms with E-state index in [1.54, 1.807) is 12.1 Å². The number of hydrogen-bond acceptors (Lipinski definition) is 4. The molecule has 1 aliphatic rings. The lowest BCUT2D eigenvalue weighted by atomic mass is 9.94. The van der Waals surface area contributed by atoms with E-state index in [1.165, 1.54) is 11.0 Å². The fourth-order valence-electron chi connectivity index (χ4n) is 2.34. The summed E-state index contributed by atoms with van der Waals surface area (Å²) in [5, 5.41) is 9.11. The van der Waals surface area contributed by atoms with Crippen LogP contribution in [0, 0.1) is 0 Å². The van der Waals surface area contributed by atoms with E-state index < -0.39 is 27.5 Å². The fraction of sp³-hybridized carbons (Fsp3) is 0.385. The number of amides is 1. The van der Waals surface area contributed by atoms with E-state index >= 15 is 0 Å². The number of hydrogen-bond donors (Lipinski definition) is 1. The number of fused-ring (bicyclic) bond motifs is 1. The molecule has 2 rings (SSSR count). The van der Waals surface area contributed by atoms with Crippen LogP contribution in [0.15, 0.2) is 18.2 Å². The highest BCUT2D eigenvalue weighted by Crippen LogP contribution is 2.22.